The number of hydrogen-bond acceptors (Lipinski definition) is 3. The molecule has 1 heterocycles. The Bertz CT molecular complexity index is 710. The summed E-state index contributed by atoms with van der Waals surface area (Å²) in [6.45, 7) is 0. The molecule has 0 saturated carbocycles. The summed E-state index contributed by atoms with van der Waals surface area (Å²) in [6, 6.07) is 14.6. The summed E-state index contributed by atoms with van der Waals surface area (Å²) in [4.78, 5) is 0. The minimum Gasteiger partial charge on any atom is -0.207 e. The van der Waals surface area contributed by atoms with Crippen LogP contribution in [0, 0.1) is 5.82 Å². The van der Waals surface area contributed by atoms with Crippen LogP contribution >= 0.6 is 11.8 Å². The largest absolute Gasteiger partial charge is 0.207 e. The van der Waals surface area contributed by atoms with Gasteiger partial charge in [0.2, 0.25) is 0 Å². The Kier molecular flexibility index (Phi) is 3.42. The summed E-state index contributed by atoms with van der Waals surface area (Å²) >= 11 is 1.57. The fraction of sp³-hybridized carbons (Fsp3) is 0.0667. The average molecular weight is 270 g/mol. The van der Waals surface area contributed by atoms with E-state index in [1.807, 2.05) is 30.3 Å². The van der Waals surface area contributed by atoms with Crippen molar-refractivity contribution < 1.29 is 4.39 Å². The smallest absolute Gasteiger partial charge is 0.127 e. The summed E-state index contributed by atoms with van der Waals surface area (Å²) in [6.07, 6.45) is 1.75. The van der Waals surface area contributed by atoms with Gasteiger partial charge in [-0.3, -0.25) is 0 Å². The van der Waals surface area contributed by atoms with Crippen molar-refractivity contribution in [1.29, 1.82) is 0 Å². The maximum atomic E-state index is 13.1. The molecule has 0 amide bonds. The van der Waals surface area contributed by atoms with Crippen LogP contribution in [0.15, 0.2) is 59.8 Å². The van der Waals surface area contributed by atoms with Gasteiger partial charge in [0.15, 0.2) is 0 Å². The van der Waals surface area contributed by atoms with Crippen LogP contribution in [-0.2, 0) is 5.75 Å². The highest BCUT2D eigenvalue weighted by molar-refractivity contribution is 7.98. The van der Waals surface area contributed by atoms with Crippen LogP contribution in [0.2, 0.25) is 0 Å². The first-order valence-corrected chi connectivity index (χ1v) is 6.89. The van der Waals surface area contributed by atoms with E-state index in [-0.39, 0.29) is 5.82 Å². The quantitative estimate of drug-likeness (QED) is 0.671. The third-order valence-corrected chi connectivity index (χ3v) is 3.85. The van der Waals surface area contributed by atoms with Gasteiger partial charge in [-0.2, -0.15) is 5.10 Å². The normalized spacial score (nSPS) is 10.8. The molecule has 0 fully saturated rings. The van der Waals surface area contributed by atoms with E-state index in [0.29, 0.717) is 5.75 Å². The molecule has 0 saturated heterocycles. The lowest BCUT2D eigenvalue weighted by atomic mass is 10.2. The van der Waals surface area contributed by atoms with Gasteiger partial charge < -0.3 is 0 Å². The number of hydrogen-bond donors (Lipinski definition) is 0. The molecule has 0 spiro atoms. The minimum atomic E-state index is -0.206. The van der Waals surface area contributed by atoms with Crippen molar-refractivity contribution in [2.24, 2.45) is 0 Å². The first kappa shape index (κ1) is 12.1. The molecule has 0 bridgehead atoms. The number of halogens is 1. The van der Waals surface area contributed by atoms with Crippen molar-refractivity contribution in [3.8, 4) is 0 Å². The molecule has 0 unspecified atom stereocenters. The van der Waals surface area contributed by atoms with Crippen molar-refractivity contribution in [2.75, 3.05) is 0 Å². The van der Waals surface area contributed by atoms with Gasteiger partial charge in [-0.15, -0.1) is 5.10 Å². The van der Waals surface area contributed by atoms with Crippen LogP contribution in [0.25, 0.3) is 10.8 Å². The molecule has 2 nitrogen and oxygen atoms in total. The van der Waals surface area contributed by atoms with Crippen molar-refractivity contribution in [3.63, 3.8) is 0 Å². The van der Waals surface area contributed by atoms with E-state index in [9.17, 15) is 4.39 Å². The molecule has 3 rings (SSSR count). The molecule has 1 aromatic heterocycles. The number of fused-ring (bicyclic) bond motifs is 1. The molecule has 94 valence electrons. The van der Waals surface area contributed by atoms with Gasteiger partial charge in [-0.25, -0.2) is 4.39 Å². The van der Waals surface area contributed by atoms with E-state index in [2.05, 4.69) is 10.2 Å². The zero-order valence-corrected chi connectivity index (χ0v) is 10.9. The highest BCUT2D eigenvalue weighted by Crippen LogP contribution is 2.27. The van der Waals surface area contributed by atoms with E-state index in [1.165, 1.54) is 6.07 Å². The number of rotatable bonds is 3. The summed E-state index contributed by atoms with van der Waals surface area (Å²) in [5, 5.41) is 11.2. The molecule has 0 aliphatic rings. The Morgan fingerprint density at radius 3 is 2.84 bits per heavy atom. The van der Waals surface area contributed by atoms with Gasteiger partial charge in [0.1, 0.15) is 10.8 Å². The third-order valence-electron chi connectivity index (χ3n) is 2.80. The zero-order chi connectivity index (χ0) is 13.1. The van der Waals surface area contributed by atoms with E-state index in [0.717, 1.165) is 21.4 Å². The van der Waals surface area contributed by atoms with Crippen LogP contribution in [0.3, 0.4) is 0 Å². The lowest BCUT2D eigenvalue weighted by molar-refractivity contribution is 0.626. The highest BCUT2D eigenvalue weighted by atomic mass is 32.2. The second-order valence-electron chi connectivity index (χ2n) is 4.16. The van der Waals surface area contributed by atoms with E-state index < -0.39 is 0 Å². The lowest BCUT2D eigenvalue weighted by Gasteiger charge is -2.04. The fourth-order valence-corrected chi connectivity index (χ4v) is 2.82. The van der Waals surface area contributed by atoms with Gasteiger partial charge in [0, 0.05) is 16.5 Å². The Morgan fingerprint density at radius 2 is 1.95 bits per heavy atom. The predicted octanol–water partition coefficient (Wildman–Crippen LogP) is 4.06. The molecule has 4 heteroatoms. The average Bonchev–Trinajstić information content (AvgIpc) is 2.45. The Hall–Kier alpha value is -1.94. The van der Waals surface area contributed by atoms with E-state index in [1.54, 1.807) is 30.1 Å². The Labute approximate surface area is 114 Å². The monoisotopic (exact) mass is 270 g/mol. The molecule has 0 radical (unpaired) electrons. The standard InChI is InChI=1S/C15H11FN2S/c16-13-6-3-4-11(8-13)10-19-15-14-7-2-1-5-12(14)9-17-18-15/h1-9H,10H2. The molecule has 0 atom stereocenters. The zero-order valence-electron chi connectivity index (χ0n) is 10.1. The summed E-state index contributed by atoms with van der Waals surface area (Å²) in [5.41, 5.74) is 0.944. The van der Waals surface area contributed by atoms with Gasteiger partial charge in [0.25, 0.3) is 0 Å². The molecule has 0 aliphatic carbocycles. The van der Waals surface area contributed by atoms with Crippen molar-refractivity contribution in [3.05, 3.63) is 66.1 Å². The SMILES string of the molecule is Fc1cccc(CSc2nncc3ccccc23)c1. The summed E-state index contributed by atoms with van der Waals surface area (Å²) < 4.78 is 13.1. The van der Waals surface area contributed by atoms with Gasteiger partial charge in [0.05, 0.1) is 6.20 Å². The van der Waals surface area contributed by atoms with E-state index in [4.69, 9.17) is 0 Å². The second kappa shape index (κ2) is 5.36. The van der Waals surface area contributed by atoms with Crippen molar-refractivity contribution >= 4 is 22.5 Å². The summed E-state index contributed by atoms with van der Waals surface area (Å²) in [7, 11) is 0. The van der Waals surface area contributed by atoms with Crippen LogP contribution in [0.4, 0.5) is 4.39 Å². The molecule has 19 heavy (non-hydrogen) atoms. The maximum absolute atomic E-state index is 13.1. The van der Waals surface area contributed by atoms with E-state index >= 15 is 0 Å². The number of thioether (sulfide) groups is 1. The first-order valence-electron chi connectivity index (χ1n) is 5.90. The molecular formula is C15H11FN2S. The van der Waals surface area contributed by atoms with Gasteiger partial charge in [-0.1, -0.05) is 48.2 Å². The van der Waals surface area contributed by atoms with Gasteiger partial charge in [-0.05, 0) is 17.7 Å². The fourth-order valence-electron chi connectivity index (χ4n) is 1.89. The first-order chi connectivity index (χ1) is 9.33. The van der Waals surface area contributed by atoms with Crippen LogP contribution < -0.4 is 0 Å². The van der Waals surface area contributed by atoms with Crippen LogP contribution in [0.5, 0.6) is 0 Å². The number of aromatic nitrogens is 2. The maximum Gasteiger partial charge on any atom is 0.127 e. The number of nitrogens with zero attached hydrogens (tertiary/aromatic N) is 2. The molecule has 3 aromatic rings. The topological polar surface area (TPSA) is 25.8 Å². The summed E-state index contributed by atoms with van der Waals surface area (Å²) in [5.74, 6) is 0.475. The molecule has 0 aliphatic heterocycles. The molecule has 0 N–H and O–H groups in total. The van der Waals surface area contributed by atoms with Crippen LogP contribution in [-0.4, -0.2) is 10.2 Å². The van der Waals surface area contributed by atoms with Gasteiger partial charge >= 0.3 is 0 Å². The second-order valence-corrected chi connectivity index (χ2v) is 5.12. The number of benzene rings is 2. The lowest BCUT2D eigenvalue weighted by Crippen LogP contribution is -1.89. The van der Waals surface area contributed by atoms with Crippen molar-refractivity contribution in [2.45, 2.75) is 10.8 Å². The predicted molar refractivity (Wildman–Crippen MR) is 75.5 cm³/mol. The Balaban J connectivity index is 1.86. The van der Waals surface area contributed by atoms with Crippen LogP contribution in [0.1, 0.15) is 5.56 Å². The highest BCUT2D eigenvalue weighted by Gasteiger charge is 2.04. The molecule has 2 aromatic carbocycles. The third kappa shape index (κ3) is 2.74. The van der Waals surface area contributed by atoms with Crippen molar-refractivity contribution in [1.82, 2.24) is 10.2 Å². The molecular weight excluding hydrogens is 259 g/mol. The minimum absolute atomic E-state index is 0.206. The Morgan fingerprint density at radius 1 is 1.05 bits per heavy atom.